The van der Waals surface area contributed by atoms with Crippen LogP contribution in [-0.2, 0) is 14.3 Å². The molecule has 8 nitrogen and oxygen atoms in total. The van der Waals surface area contributed by atoms with E-state index in [2.05, 4.69) is 46.9 Å². The fourth-order valence-corrected chi connectivity index (χ4v) is 7.09. The fraction of sp³-hybridized carbons (Fsp3) is 0.643. The molecule has 2 N–H and O–H groups in total. The highest BCUT2D eigenvalue weighted by molar-refractivity contribution is 6.34. The van der Waals surface area contributed by atoms with E-state index in [0.29, 0.717) is 24.1 Å². The number of carbonyl (C=O) groups excluding carboxylic acids is 1. The minimum atomic E-state index is -0.465. The van der Waals surface area contributed by atoms with Crippen LogP contribution in [0.5, 0.6) is 0 Å². The van der Waals surface area contributed by atoms with Gasteiger partial charge in [0.25, 0.3) is 0 Å². The average Bonchev–Trinajstić information content (AvgIpc) is 3.42. The maximum absolute atomic E-state index is 13.1. The highest BCUT2D eigenvalue weighted by Gasteiger charge is 2.61. The second kappa shape index (κ2) is 9.06. The van der Waals surface area contributed by atoms with Crippen molar-refractivity contribution in [1.82, 2.24) is 9.88 Å². The van der Waals surface area contributed by atoms with Gasteiger partial charge >= 0.3 is 0 Å². The Labute approximate surface area is 223 Å². The average molecular weight is 529 g/mol. The van der Waals surface area contributed by atoms with E-state index in [0.717, 1.165) is 68.5 Å². The Morgan fingerprint density at radius 3 is 2.65 bits per heavy atom. The molecule has 4 heterocycles. The van der Waals surface area contributed by atoms with Crippen LogP contribution in [0.1, 0.15) is 40.0 Å². The summed E-state index contributed by atoms with van der Waals surface area (Å²) >= 11 is 6.71. The number of carbonyl (C=O) groups is 1. The molecular weight excluding hydrogens is 492 g/mol. The second-order valence-corrected chi connectivity index (χ2v) is 12.6. The van der Waals surface area contributed by atoms with Gasteiger partial charge in [0, 0.05) is 50.3 Å². The lowest BCUT2D eigenvalue weighted by atomic mass is 9.83. The van der Waals surface area contributed by atoms with Gasteiger partial charge in [-0.3, -0.25) is 9.69 Å². The van der Waals surface area contributed by atoms with Crippen LogP contribution in [0.2, 0.25) is 5.02 Å². The van der Waals surface area contributed by atoms with Crippen molar-refractivity contribution in [2.24, 2.45) is 11.3 Å². The van der Waals surface area contributed by atoms with Gasteiger partial charge in [0.05, 0.1) is 41.2 Å². The summed E-state index contributed by atoms with van der Waals surface area (Å²) in [6.07, 6.45) is 4.10. The number of nitrogens with one attached hydrogen (secondary N) is 1. The predicted octanol–water partition coefficient (Wildman–Crippen LogP) is 3.69. The van der Waals surface area contributed by atoms with Gasteiger partial charge in [-0.15, -0.1) is 0 Å². The smallest absolute Gasteiger partial charge is 0.229 e. The Bertz CT molecular complexity index is 1220. The number of aromatic nitrogens is 1. The summed E-state index contributed by atoms with van der Waals surface area (Å²) in [5.41, 5.74) is 0.552. The molecule has 1 aliphatic carbocycles. The van der Waals surface area contributed by atoms with Crippen LogP contribution in [0.15, 0.2) is 24.4 Å². The summed E-state index contributed by atoms with van der Waals surface area (Å²) in [5, 5.41) is 16.1. The number of pyridine rings is 1. The number of anilines is 2. The number of piperazine rings is 1. The second-order valence-electron chi connectivity index (χ2n) is 12.2. The summed E-state index contributed by atoms with van der Waals surface area (Å²) < 4.78 is 11.4. The molecule has 2 aromatic rings. The lowest BCUT2D eigenvalue weighted by molar-refractivity contribution is -0.120. The Balaban J connectivity index is 1.15. The number of benzene rings is 1. The quantitative estimate of drug-likeness (QED) is 0.625. The van der Waals surface area contributed by atoms with Gasteiger partial charge in [-0.25, -0.2) is 4.98 Å². The highest BCUT2D eigenvalue weighted by Crippen LogP contribution is 2.62. The first-order valence-electron chi connectivity index (χ1n) is 13.4. The van der Waals surface area contributed by atoms with E-state index in [9.17, 15) is 9.90 Å². The summed E-state index contributed by atoms with van der Waals surface area (Å²) in [6.45, 7) is 11.3. The van der Waals surface area contributed by atoms with Crippen molar-refractivity contribution < 1.29 is 19.4 Å². The zero-order chi connectivity index (χ0) is 26.0. The van der Waals surface area contributed by atoms with Gasteiger partial charge in [-0.2, -0.15) is 0 Å². The molecule has 9 heteroatoms. The Kier molecular flexibility index (Phi) is 6.20. The van der Waals surface area contributed by atoms with Gasteiger partial charge in [-0.1, -0.05) is 11.6 Å². The summed E-state index contributed by atoms with van der Waals surface area (Å²) in [6, 6.07) is 5.99. The minimum Gasteiger partial charge on any atom is -0.389 e. The topological polar surface area (TPSA) is 87.2 Å². The third-order valence-electron chi connectivity index (χ3n) is 9.15. The summed E-state index contributed by atoms with van der Waals surface area (Å²) in [5.74, 6) is 0.657. The molecule has 0 radical (unpaired) electrons. The molecule has 4 unspecified atom stereocenters. The molecule has 1 amide bonds. The van der Waals surface area contributed by atoms with Crippen molar-refractivity contribution in [2.45, 2.75) is 57.3 Å². The maximum atomic E-state index is 13.1. The van der Waals surface area contributed by atoms with E-state index >= 15 is 0 Å². The summed E-state index contributed by atoms with van der Waals surface area (Å²) in [7, 11) is 0. The molecule has 200 valence electrons. The molecule has 1 saturated carbocycles. The number of fused-ring (bicyclic) bond motifs is 1. The lowest BCUT2D eigenvalue weighted by Gasteiger charge is -2.45. The van der Waals surface area contributed by atoms with Crippen molar-refractivity contribution in [3.8, 4) is 0 Å². The largest absolute Gasteiger partial charge is 0.389 e. The number of rotatable bonds is 4. The van der Waals surface area contributed by atoms with Crippen LogP contribution in [0.4, 0.5) is 11.5 Å². The molecule has 1 spiro atoms. The Hall–Kier alpha value is -1.97. The summed E-state index contributed by atoms with van der Waals surface area (Å²) in [4.78, 5) is 22.2. The molecule has 1 aromatic heterocycles. The molecular formula is C28H37ClN4O4. The molecule has 1 aromatic carbocycles. The van der Waals surface area contributed by atoms with Gasteiger partial charge < -0.3 is 24.8 Å². The minimum absolute atomic E-state index is 0.0240. The lowest BCUT2D eigenvalue weighted by Crippen LogP contribution is -2.60. The molecule has 3 saturated heterocycles. The number of amides is 1. The Morgan fingerprint density at radius 2 is 1.95 bits per heavy atom. The number of ether oxygens (including phenoxy) is 2. The molecule has 4 atom stereocenters. The zero-order valence-electron chi connectivity index (χ0n) is 21.9. The number of hydrogen-bond acceptors (Lipinski definition) is 7. The van der Waals surface area contributed by atoms with E-state index < -0.39 is 6.10 Å². The first-order valence-corrected chi connectivity index (χ1v) is 13.8. The first kappa shape index (κ1) is 25.3. The van der Waals surface area contributed by atoms with E-state index in [-0.39, 0.29) is 28.4 Å². The molecule has 37 heavy (non-hydrogen) atoms. The van der Waals surface area contributed by atoms with E-state index in [1.54, 1.807) is 6.20 Å². The first-order chi connectivity index (χ1) is 17.6. The van der Waals surface area contributed by atoms with Crippen molar-refractivity contribution >= 4 is 39.8 Å². The molecule has 4 fully saturated rings. The van der Waals surface area contributed by atoms with Gasteiger partial charge in [0.15, 0.2) is 0 Å². The fourth-order valence-electron chi connectivity index (χ4n) is 6.80. The number of halogens is 1. The Morgan fingerprint density at radius 1 is 1.16 bits per heavy atom. The number of aliphatic hydroxyl groups is 1. The maximum Gasteiger partial charge on any atom is 0.229 e. The number of aliphatic hydroxyl groups excluding tert-OH is 1. The van der Waals surface area contributed by atoms with Crippen molar-refractivity contribution in [1.29, 1.82) is 0 Å². The number of hydrogen-bond donors (Lipinski definition) is 2. The number of nitrogens with zero attached hydrogens (tertiary/aromatic N) is 3. The third kappa shape index (κ3) is 4.61. The third-order valence-corrected chi connectivity index (χ3v) is 9.45. The van der Waals surface area contributed by atoms with Gasteiger partial charge in [-0.05, 0) is 69.0 Å². The SMILES string of the molecule is CC1(C)CC2(CCO1)CC2C(=O)Nc1cc2cc(N3CCN(C4(C)COCC4O)CC3)c(Cl)cc2cn1. The van der Waals surface area contributed by atoms with Crippen LogP contribution in [-0.4, -0.2) is 84.1 Å². The van der Waals surface area contributed by atoms with Crippen LogP contribution in [0, 0.1) is 11.3 Å². The predicted molar refractivity (Wildman–Crippen MR) is 144 cm³/mol. The van der Waals surface area contributed by atoms with Crippen molar-refractivity contribution in [3.63, 3.8) is 0 Å². The monoisotopic (exact) mass is 528 g/mol. The van der Waals surface area contributed by atoms with Gasteiger partial charge in [0.2, 0.25) is 5.91 Å². The van der Waals surface area contributed by atoms with Crippen molar-refractivity contribution in [2.75, 3.05) is 56.2 Å². The van der Waals surface area contributed by atoms with Crippen LogP contribution < -0.4 is 10.2 Å². The van der Waals surface area contributed by atoms with Crippen molar-refractivity contribution in [3.05, 3.63) is 29.4 Å². The molecule has 0 bridgehead atoms. The molecule has 4 aliphatic rings. The normalized spacial score (nSPS) is 33.7. The molecule has 6 rings (SSSR count). The zero-order valence-corrected chi connectivity index (χ0v) is 22.7. The standard InChI is InChI=1S/C28H37ClN4O4/c1-26(2)16-28(4-9-37-26)13-20(28)25(35)31-24-12-18-11-22(21(29)10-19(18)14-30-24)32-5-7-33(8-6-32)27(3)17-36-15-23(27)34/h10-12,14,20,23,34H,4-9,13,15-17H2,1-3H3,(H,30,31,35). The van der Waals surface area contributed by atoms with Crippen LogP contribution in [0.25, 0.3) is 10.8 Å². The van der Waals surface area contributed by atoms with E-state index in [1.807, 2.05) is 12.1 Å². The van der Waals surface area contributed by atoms with Crippen LogP contribution >= 0.6 is 11.6 Å². The molecule has 3 aliphatic heterocycles. The van der Waals surface area contributed by atoms with Gasteiger partial charge in [0.1, 0.15) is 5.82 Å². The van der Waals surface area contributed by atoms with E-state index in [1.165, 1.54) is 0 Å². The highest BCUT2D eigenvalue weighted by atomic mass is 35.5. The van der Waals surface area contributed by atoms with Crippen LogP contribution in [0.3, 0.4) is 0 Å². The van der Waals surface area contributed by atoms with E-state index in [4.69, 9.17) is 21.1 Å².